The topological polar surface area (TPSA) is 62.3 Å². The van der Waals surface area contributed by atoms with E-state index in [1.54, 1.807) is 0 Å². The molecule has 1 saturated heterocycles. The Morgan fingerprint density at radius 1 is 1.22 bits per heavy atom. The summed E-state index contributed by atoms with van der Waals surface area (Å²) in [5.74, 6) is 0.112. The second kappa shape index (κ2) is 8.21. The molecule has 5 nitrogen and oxygen atoms in total. The van der Waals surface area contributed by atoms with Crippen molar-refractivity contribution >= 4 is 28.3 Å². The van der Waals surface area contributed by atoms with Crippen molar-refractivity contribution in [3.63, 3.8) is 0 Å². The Bertz CT molecular complexity index is 823. The Hall–Kier alpha value is -2.21. The van der Waals surface area contributed by atoms with Crippen molar-refractivity contribution in [3.8, 4) is 0 Å². The fourth-order valence-electron chi connectivity index (χ4n) is 3.47. The predicted molar refractivity (Wildman–Crippen MR) is 109 cm³/mol. The number of aryl methyl sites for hydroxylation is 2. The van der Waals surface area contributed by atoms with Gasteiger partial charge < -0.3 is 10.2 Å². The van der Waals surface area contributed by atoms with Gasteiger partial charge in [0.25, 0.3) is 5.91 Å². The van der Waals surface area contributed by atoms with Crippen LogP contribution >= 0.6 is 11.3 Å². The number of likely N-dealkylation sites (tertiary alicyclic amines) is 1. The zero-order valence-corrected chi connectivity index (χ0v) is 17.2. The second-order valence-corrected chi connectivity index (χ2v) is 8.55. The van der Waals surface area contributed by atoms with Gasteiger partial charge in [0.15, 0.2) is 5.13 Å². The number of carbonyl (C=O) groups is 2. The van der Waals surface area contributed by atoms with Gasteiger partial charge in [-0.25, -0.2) is 4.98 Å². The molecular formula is C21H27N3O2S. The maximum absolute atomic E-state index is 12.9. The smallest absolute Gasteiger partial charge is 0.253 e. The summed E-state index contributed by atoms with van der Waals surface area (Å²) in [6.45, 7) is 9.31. The van der Waals surface area contributed by atoms with E-state index >= 15 is 0 Å². The molecule has 1 aliphatic rings. The fraction of sp³-hybridized carbons (Fsp3) is 0.476. The molecule has 1 N–H and O–H groups in total. The molecule has 3 rings (SSSR count). The van der Waals surface area contributed by atoms with Gasteiger partial charge in [0.1, 0.15) is 0 Å². The number of thiazole rings is 1. The Labute approximate surface area is 164 Å². The SMILES string of the molecule is Cc1cc(C)cc(C(=O)N2CCCC(C(=O)Nc3nc(C(C)C)cs3)C2)c1. The Morgan fingerprint density at radius 3 is 2.56 bits per heavy atom. The Morgan fingerprint density at radius 2 is 1.93 bits per heavy atom. The lowest BCUT2D eigenvalue weighted by Crippen LogP contribution is -2.43. The third-order valence-electron chi connectivity index (χ3n) is 4.89. The Kier molecular flexibility index (Phi) is 5.95. The first-order valence-corrected chi connectivity index (χ1v) is 10.4. The van der Waals surface area contributed by atoms with Crippen molar-refractivity contribution in [2.24, 2.45) is 5.92 Å². The van der Waals surface area contributed by atoms with Crippen LogP contribution in [0.5, 0.6) is 0 Å². The van der Waals surface area contributed by atoms with Crippen molar-refractivity contribution in [1.29, 1.82) is 0 Å². The molecule has 2 aromatic rings. The summed E-state index contributed by atoms with van der Waals surface area (Å²) in [5, 5.41) is 5.56. The molecule has 0 bridgehead atoms. The molecule has 2 amide bonds. The number of piperidine rings is 1. The molecule has 0 radical (unpaired) electrons. The molecule has 0 saturated carbocycles. The van der Waals surface area contributed by atoms with E-state index in [0.29, 0.717) is 29.7 Å². The van der Waals surface area contributed by atoms with Gasteiger partial charge in [0, 0.05) is 24.0 Å². The minimum Gasteiger partial charge on any atom is -0.338 e. The van der Waals surface area contributed by atoms with Gasteiger partial charge >= 0.3 is 0 Å². The number of hydrogen-bond acceptors (Lipinski definition) is 4. The maximum Gasteiger partial charge on any atom is 0.253 e. The Balaban J connectivity index is 1.65. The van der Waals surface area contributed by atoms with Crippen LogP contribution in [0.1, 0.15) is 59.8 Å². The van der Waals surface area contributed by atoms with Crippen LogP contribution < -0.4 is 5.32 Å². The molecule has 1 aromatic carbocycles. The van der Waals surface area contributed by atoms with Crippen molar-refractivity contribution in [3.05, 3.63) is 46.0 Å². The van der Waals surface area contributed by atoms with Crippen molar-refractivity contribution in [2.45, 2.75) is 46.5 Å². The van der Waals surface area contributed by atoms with E-state index in [9.17, 15) is 9.59 Å². The van der Waals surface area contributed by atoms with Crippen LogP contribution in [-0.4, -0.2) is 34.8 Å². The standard InChI is InChI=1S/C21H27N3O2S/c1-13(2)18-12-27-21(22-18)23-19(25)16-6-5-7-24(11-16)20(26)17-9-14(3)8-15(4)10-17/h8-10,12-13,16H,5-7,11H2,1-4H3,(H,22,23,25). The average Bonchev–Trinajstić information content (AvgIpc) is 3.09. The summed E-state index contributed by atoms with van der Waals surface area (Å²) in [5.41, 5.74) is 3.85. The van der Waals surface area contributed by atoms with Gasteiger partial charge in [-0.15, -0.1) is 11.3 Å². The number of carbonyl (C=O) groups excluding carboxylic acids is 2. The molecule has 0 aliphatic carbocycles. The van der Waals surface area contributed by atoms with Crippen LogP contribution in [0.25, 0.3) is 0 Å². The number of nitrogens with one attached hydrogen (secondary N) is 1. The molecule has 1 unspecified atom stereocenters. The van der Waals surface area contributed by atoms with Gasteiger partial charge in [0.05, 0.1) is 11.6 Å². The monoisotopic (exact) mass is 385 g/mol. The van der Waals surface area contributed by atoms with Crippen LogP contribution in [0, 0.1) is 19.8 Å². The first-order valence-electron chi connectivity index (χ1n) is 9.47. The van der Waals surface area contributed by atoms with Crippen molar-refractivity contribution in [1.82, 2.24) is 9.88 Å². The van der Waals surface area contributed by atoms with E-state index in [1.807, 2.05) is 36.3 Å². The van der Waals surface area contributed by atoms with Crippen LogP contribution in [0.3, 0.4) is 0 Å². The zero-order valence-electron chi connectivity index (χ0n) is 16.4. The van der Waals surface area contributed by atoms with E-state index in [1.165, 1.54) is 11.3 Å². The predicted octanol–water partition coefficient (Wildman–Crippen LogP) is 4.37. The first kappa shape index (κ1) is 19.5. The van der Waals surface area contributed by atoms with Gasteiger partial charge in [-0.3, -0.25) is 9.59 Å². The van der Waals surface area contributed by atoms with E-state index in [-0.39, 0.29) is 17.7 Å². The number of aromatic nitrogens is 1. The van der Waals surface area contributed by atoms with Crippen LogP contribution in [-0.2, 0) is 4.79 Å². The van der Waals surface area contributed by atoms with Crippen LogP contribution in [0.4, 0.5) is 5.13 Å². The summed E-state index contributed by atoms with van der Waals surface area (Å²) in [6, 6.07) is 5.90. The number of amides is 2. The maximum atomic E-state index is 12.9. The van der Waals surface area contributed by atoms with Crippen molar-refractivity contribution < 1.29 is 9.59 Å². The molecule has 144 valence electrons. The summed E-state index contributed by atoms with van der Waals surface area (Å²) in [6.07, 6.45) is 1.63. The lowest BCUT2D eigenvalue weighted by Gasteiger charge is -2.32. The quantitative estimate of drug-likeness (QED) is 0.850. The van der Waals surface area contributed by atoms with Gasteiger partial charge in [-0.1, -0.05) is 31.0 Å². The number of rotatable bonds is 4. The van der Waals surface area contributed by atoms with Gasteiger partial charge in [-0.05, 0) is 44.7 Å². The third kappa shape index (κ3) is 4.75. The molecule has 0 spiro atoms. The highest BCUT2D eigenvalue weighted by Gasteiger charge is 2.29. The molecule has 6 heteroatoms. The van der Waals surface area contributed by atoms with Gasteiger partial charge in [0.2, 0.25) is 5.91 Å². The minimum atomic E-state index is -0.194. The number of benzene rings is 1. The molecule has 1 fully saturated rings. The molecule has 1 aliphatic heterocycles. The van der Waals surface area contributed by atoms with Crippen LogP contribution in [0.15, 0.2) is 23.6 Å². The molecular weight excluding hydrogens is 358 g/mol. The number of nitrogens with zero attached hydrogens (tertiary/aromatic N) is 2. The highest BCUT2D eigenvalue weighted by Crippen LogP contribution is 2.24. The number of anilines is 1. The highest BCUT2D eigenvalue weighted by atomic mass is 32.1. The minimum absolute atomic E-state index is 0.00985. The zero-order chi connectivity index (χ0) is 19.6. The number of hydrogen-bond donors (Lipinski definition) is 1. The summed E-state index contributed by atoms with van der Waals surface area (Å²) in [4.78, 5) is 31.9. The van der Waals surface area contributed by atoms with Crippen molar-refractivity contribution in [2.75, 3.05) is 18.4 Å². The fourth-order valence-corrected chi connectivity index (χ4v) is 4.35. The van der Waals surface area contributed by atoms with E-state index in [0.717, 1.165) is 29.7 Å². The normalized spacial score (nSPS) is 17.2. The molecule has 2 heterocycles. The van der Waals surface area contributed by atoms with E-state index in [2.05, 4.69) is 30.2 Å². The highest BCUT2D eigenvalue weighted by molar-refractivity contribution is 7.13. The average molecular weight is 386 g/mol. The van der Waals surface area contributed by atoms with E-state index in [4.69, 9.17) is 0 Å². The molecule has 1 atom stereocenters. The van der Waals surface area contributed by atoms with Crippen LogP contribution in [0.2, 0.25) is 0 Å². The summed E-state index contributed by atoms with van der Waals surface area (Å²) in [7, 11) is 0. The third-order valence-corrected chi connectivity index (χ3v) is 5.67. The largest absolute Gasteiger partial charge is 0.338 e. The van der Waals surface area contributed by atoms with E-state index < -0.39 is 0 Å². The first-order chi connectivity index (χ1) is 12.8. The summed E-state index contributed by atoms with van der Waals surface area (Å²) >= 11 is 1.45. The van der Waals surface area contributed by atoms with Gasteiger partial charge in [-0.2, -0.15) is 0 Å². The lowest BCUT2D eigenvalue weighted by molar-refractivity contribution is -0.121. The summed E-state index contributed by atoms with van der Waals surface area (Å²) < 4.78 is 0. The molecule has 1 aromatic heterocycles. The second-order valence-electron chi connectivity index (χ2n) is 7.69. The molecule has 27 heavy (non-hydrogen) atoms. The lowest BCUT2D eigenvalue weighted by atomic mass is 9.96.